The molecule has 80 valence electrons. The summed E-state index contributed by atoms with van der Waals surface area (Å²) in [6.07, 6.45) is 2.18. The molecule has 0 spiro atoms. The highest BCUT2D eigenvalue weighted by atomic mass is 16.6. The predicted octanol–water partition coefficient (Wildman–Crippen LogP) is 0.810. The van der Waals surface area contributed by atoms with Gasteiger partial charge in [-0.05, 0) is 18.9 Å². The van der Waals surface area contributed by atoms with Crippen LogP contribution in [-0.4, -0.2) is 22.0 Å². The van der Waals surface area contributed by atoms with Crippen molar-refractivity contribution in [3.8, 4) is 0 Å². The Kier molecular flexibility index (Phi) is 2.28. The Morgan fingerprint density at radius 3 is 2.87 bits per heavy atom. The monoisotopic (exact) mass is 208 g/mol. The van der Waals surface area contributed by atoms with Gasteiger partial charge in [0.25, 0.3) is 5.69 Å². The van der Waals surface area contributed by atoms with Gasteiger partial charge >= 0.3 is 0 Å². The minimum absolute atomic E-state index is 0.0122. The SMILES string of the molecule is Cc1cc([N+](=O)[O-])cnc1NC1CC1N. The van der Waals surface area contributed by atoms with E-state index in [1.165, 1.54) is 12.3 Å². The van der Waals surface area contributed by atoms with Crippen LogP contribution in [0.3, 0.4) is 0 Å². The number of anilines is 1. The number of nitro groups is 1. The van der Waals surface area contributed by atoms with Crippen LogP contribution in [0.25, 0.3) is 0 Å². The molecule has 1 fully saturated rings. The molecule has 1 aliphatic rings. The highest BCUT2D eigenvalue weighted by Gasteiger charge is 2.33. The van der Waals surface area contributed by atoms with Crippen molar-refractivity contribution in [2.24, 2.45) is 5.73 Å². The van der Waals surface area contributed by atoms with Gasteiger partial charge in [-0.3, -0.25) is 10.1 Å². The first-order valence-corrected chi connectivity index (χ1v) is 4.71. The van der Waals surface area contributed by atoms with Crippen molar-refractivity contribution in [2.75, 3.05) is 5.32 Å². The van der Waals surface area contributed by atoms with Gasteiger partial charge in [0.05, 0.1) is 4.92 Å². The maximum atomic E-state index is 10.5. The largest absolute Gasteiger partial charge is 0.365 e. The van der Waals surface area contributed by atoms with Gasteiger partial charge in [0.2, 0.25) is 0 Å². The Morgan fingerprint density at radius 1 is 1.73 bits per heavy atom. The Bertz CT molecular complexity index is 407. The first-order valence-electron chi connectivity index (χ1n) is 4.71. The van der Waals surface area contributed by atoms with Crippen molar-refractivity contribution in [3.63, 3.8) is 0 Å². The van der Waals surface area contributed by atoms with E-state index in [4.69, 9.17) is 5.73 Å². The average Bonchev–Trinajstić information content (AvgIpc) is 2.85. The van der Waals surface area contributed by atoms with Crippen molar-refractivity contribution < 1.29 is 4.92 Å². The van der Waals surface area contributed by atoms with Crippen molar-refractivity contribution in [3.05, 3.63) is 27.9 Å². The number of pyridine rings is 1. The van der Waals surface area contributed by atoms with Crippen LogP contribution in [0, 0.1) is 17.0 Å². The van der Waals surface area contributed by atoms with Crippen LogP contribution >= 0.6 is 0 Å². The van der Waals surface area contributed by atoms with E-state index in [1.807, 2.05) is 0 Å². The fourth-order valence-corrected chi connectivity index (χ4v) is 1.37. The Balaban J connectivity index is 2.15. The van der Waals surface area contributed by atoms with Crippen molar-refractivity contribution in [1.29, 1.82) is 0 Å². The van der Waals surface area contributed by atoms with Gasteiger partial charge in [0.15, 0.2) is 0 Å². The fourth-order valence-electron chi connectivity index (χ4n) is 1.37. The summed E-state index contributed by atoms with van der Waals surface area (Å²) in [5.74, 6) is 0.679. The summed E-state index contributed by atoms with van der Waals surface area (Å²) in [7, 11) is 0. The van der Waals surface area contributed by atoms with Gasteiger partial charge in [-0.1, -0.05) is 0 Å². The van der Waals surface area contributed by atoms with E-state index in [2.05, 4.69) is 10.3 Å². The Morgan fingerprint density at radius 2 is 2.40 bits per heavy atom. The minimum atomic E-state index is -0.452. The lowest BCUT2D eigenvalue weighted by atomic mass is 10.2. The molecule has 1 aliphatic carbocycles. The van der Waals surface area contributed by atoms with Gasteiger partial charge in [-0.25, -0.2) is 4.98 Å². The van der Waals surface area contributed by atoms with E-state index >= 15 is 0 Å². The molecule has 1 aromatic heterocycles. The quantitative estimate of drug-likeness (QED) is 0.566. The third-order valence-corrected chi connectivity index (χ3v) is 2.44. The molecule has 6 heteroatoms. The van der Waals surface area contributed by atoms with Crippen LogP contribution in [0.2, 0.25) is 0 Å². The second-order valence-corrected chi connectivity index (χ2v) is 3.77. The molecule has 0 saturated heterocycles. The zero-order valence-electron chi connectivity index (χ0n) is 8.30. The molecule has 0 aliphatic heterocycles. The van der Waals surface area contributed by atoms with Crippen molar-refractivity contribution in [2.45, 2.75) is 25.4 Å². The lowest BCUT2D eigenvalue weighted by Gasteiger charge is -2.06. The number of rotatable bonds is 3. The molecule has 0 amide bonds. The van der Waals surface area contributed by atoms with Crippen molar-refractivity contribution >= 4 is 11.5 Å². The van der Waals surface area contributed by atoms with E-state index in [0.29, 0.717) is 5.82 Å². The van der Waals surface area contributed by atoms with E-state index in [1.54, 1.807) is 6.92 Å². The van der Waals surface area contributed by atoms with Gasteiger partial charge < -0.3 is 11.1 Å². The van der Waals surface area contributed by atoms with Crippen LogP contribution in [0.4, 0.5) is 11.5 Å². The molecule has 0 aromatic carbocycles. The molecule has 2 unspecified atom stereocenters. The van der Waals surface area contributed by atoms with Crippen LogP contribution in [0.1, 0.15) is 12.0 Å². The van der Waals surface area contributed by atoms with Crippen molar-refractivity contribution in [1.82, 2.24) is 4.98 Å². The Labute approximate surface area is 86.6 Å². The molecule has 0 bridgehead atoms. The lowest BCUT2D eigenvalue weighted by Crippen LogP contribution is -2.14. The molecular formula is C9H12N4O2. The van der Waals surface area contributed by atoms with E-state index in [9.17, 15) is 10.1 Å². The predicted molar refractivity (Wildman–Crippen MR) is 55.6 cm³/mol. The third kappa shape index (κ3) is 2.04. The summed E-state index contributed by atoms with van der Waals surface area (Å²) in [5, 5.41) is 13.6. The highest BCUT2D eigenvalue weighted by Crippen LogP contribution is 2.25. The molecule has 3 N–H and O–H groups in total. The first kappa shape index (κ1) is 9.85. The number of hydrogen-bond acceptors (Lipinski definition) is 5. The number of nitrogens with one attached hydrogen (secondary N) is 1. The van der Waals surface area contributed by atoms with Gasteiger partial charge in [0, 0.05) is 18.2 Å². The van der Waals surface area contributed by atoms with Gasteiger partial charge in [0.1, 0.15) is 12.0 Å². The third-order valence-electron chi connectivity index (χ3n) is 2.44. The zero-order valence-corrected chi connectivity index (χ0v) is 8.30. The normalized spacial score (nSPS) is 23.6. The zero-order chi connectivity index (χ0) is 11.0. The molecule has 1 saturated carbocycles. The van der Waals surface area contributed by atoms with Gasteiger partial charge in [-0.15, -0.1) is 0 Å². The second-order valence-electron chi connectivity index (χ2n) is 3.77. The highest BCUT2D eigenvalue weighted by molar-refractivity contribution is 5.50. The number of aryl methyl sites for hydroxylation is 1. The van der Waals surface area contributed by atoms with Crippen LogP contribution in [-0.2, 0) is 0 Å². The molecule has 2 rings (SSSR count). The molecule has 2 atom stereocenters. The summed E-state index contributed by atoms with van der Waals surface area (Å²) >= 11 is 0. The fraction of sp³-hybridized carbons (Fsp3) is 0.444. The molecule has 15 heavy (non-hydrogen) atoms. The molecule has 1 heterocycles. The smallest absolute Gasteiger partial charge is 0.287 e. The van der Waals surface area contributed by atoms with E-state index in [-0.39, 0.29) is 17.8 Å². The summed E-state index contributed by atoms with van der Waals surface area (Å²) in [4.78, 5) is 14.0. The minimum Gasteiger partial charge on any atom is -0.365 e. The average molecular weight is 208 g/mol. The van der Waals surface area contributed by atoms with Gasteiger partial charge in [-0.2, -0.15) is 0 Å². The number of nitrogens with two attached hydrogens (primary N) is 1. The lowest BCUT2D eigenvalue weighted by molar-refractivity contribution is -0.385. The van der Waals surface area contributed by atoms with Crippen LogP contribution in [0.15, 0.2) is 12.3 Å². The summed E-state index contributed by atoms with van der Waals surface area (Å²) in [6.45, 7) is 1.79. The molecule has 0 radical (unpaired) electrons. The maximum absolute atomic E-state index is 10.5. The Hall–Kier alpha value is -1.69. The standard InChI is InChI=1S/C9H12N4O2/c1-5-2-6(13(14)15)4-11-9(5)12-8-3-7(8)10/h2,4,7-8H,3,10H2,1H3,(H,11,12). The van der Waals surface area contributed by atoms with E-state index < -0.39 is 4.92 Å². The summed E-state index contributed by atoms with van der Waals surface area (Å²) in [5.41, 5.74) is 6.42. The molecule has 6 nitrogen and oxygen atoms in total. The number of hydrogen-bond donors (Lipinski definition) is 2. The van der Waals surface area contributed by atoms with E-state index in [0.717, 1.165) is 12.0 Å². The van der Waals surface area contributed by atoms with Crippen LogP contribution < -0.4 is 11.1 Å². The second kappa shape index (κ2) is 3.47. The molecule has 1 aromatic rings. The maximum Gasteiger partial charge on any atom is 0.287 e. The first-order chi connectivity index (χ1) is 7.08. The number of aromatic nitrogens is 1. The number of nitrogens with zero attached hydrogens (tertiary/aromatic N) is 2. The molecular weight excluding hydrogens is 196 g/mol. The summed E-state index contributed by atoms with van der Waals surface area (Å²) in [6, 6.07) is 1.95. The topological polar surface area (TPSA) is 94.1 Å². The van der Waals surface area contributed by atoms with Crippen LogP contribution in [0.5, 0.6) is 0 Å². The summed E-state index contributed by atoms with van der Waals surface area (Å²) < 4.78 is 0.